The Labute approximate surface area is 183 Å². The van der Waals surface area contributed by atoms with Crippen LogP contribution in [0.2, 0.25) is 0 Å². The van der Waals surface area contributed by atoms with Gasteiger partial charge in [-0.2, -0.15) is 8.78 Å². The summed E-state index contributed by atoms with van der Waals surface area (Å²) in [7, 11) is 0. The number of rotatable bonds is 9. The zero-order chi connectivity index (χ0) is 21.6. The average molecular weight is 477 g/mol. The van der Waals surface area contributed by atoms with Crippen molar-refractivity contribution < 1.29 is 23.0 Å². The summed E-state index contributed by atoms with van der Waals surface area (Å²) < 4.78 is 42.5. The molecule has 0 bridgehead atoms. The molecule has 3 aromatic carbocycles. The summed E-state index contributed by atoms with van der Waals surface area (Å²) in [6, 6.07) is 24.0. The number of para-hydroxylation sites is 1. The first-order valence-corrected chi connectivity index (χ1v) is 10.3. The van der Waals surface area contributed by atoms with Gasteiger partial charge in [0.05, 0.1) is 13.2 Å². The van der Waals surface area contributed by atoms with Gasteiger partial charge in [-0.3, -0.25) is 0 Å². The molecule has 0 amide bonds. The summed E-state index contributed by atoms with van der Waals surface area (Å²) in [6.45, 7) is 4.80. The van der Waals surface area contributed by atoms with Crippen molar-refractivity contribution in [3.63, 3.8) is 0 Å². The molecule has 0 aliphatic heterocycles. The van der Waals surface area contributed by atoms with E-state index < -0.39 is 5.02 Å². The van der Waals surface area contributed by atoms with Crippen LogP contribution in [0.4, 0.5) is 8.78 Å². The van der Waals surface area contributed by atoms with Crippen molar-refractivity contribution in [1.82, 2.24) is 0 Å². The van der Waals surface area contributed by atoms with E-state index in [-0.39, 0.29) is 11.2 Å². The van der Waals surface area contributed by atoms with Gasteiger partial charge in [0.15, 0.2) is 0 Å². The van der Waals surface area contributed by atoms with Gasteiger partial charge in [-0.1, -0.05) is 56.3 Å². The normalized spacial score (nSPS) is 11.9. The highest BCUT2D eigenvalue weighted by Gasteiger charge is 2.28. The van der Waals surface area contributed by atoms with Gasteiger partial charge < -0.3 is 14.2 Å². The number of benzene rings is 3. The Kier molecular flexibility index (Phi) is 7.10. The number of ether oxygens (including phenoxy) is 3. The van der Waals surface area contributed by atoms with Crippen molar-refractivity contribution in [2.24, 2.45) is 0 Å². The van der Waals surface area contributed by atoms with E-state index in [2.05, 4.69) is 20.7 Å². The molecular weight excluding hydrogens is 454 g/mol. The molecule has 0 saturated heterocycles. The Morgan fingerprint density at radius 1 is 0.800 bits per heavy atom. The van der Waals surface area contributed by atoms with E-state index in [0.717, 1.165) is 22.6 Å². The Morgan fingerprint density at radius 2 is 1.47 bits per heavy atom. The van der Waals surface area contributed by atoms with Gasteiger partial charge in [-0.25, -0.2) is 0 Å². The van der Waals surface area contributed by atoms with E-state index in [9.17, 15) is 8.78 Å². The molecule has 3 rings (SSSR count). The fourth-order valence-electron chi connectivity index (χ4n) is 2.94. The van der Waals surface area contributed by atoms with Crippen molar-refractivity contribution >= 4 is 15.9 Å². The second-order valence-electron chi connectivity index (χ2n) is 7.51. The largest absolute Gasteiger partial charge is 0.459 e. The van der Waals surface area contributed by atoms with Crippen LogP contribution in [0.1, 0.15) is 25.0 Å². The lowest BCUT2D eigenvalue weighted by Gasteiger charge is -2.26. The second-order valence-corrected chi connectivity index (χ2v) is 8.44. The van der Waals surface area contributed by atoms with Crippen LogP contribution in [0.15, 0.2) is 78.9 Å². The van der Waals surface area contributed by atoms with Crippen LogP contribution in [0.3, 0.4) is 0 Å². The number of hydrogen-bond acceptors (Lipinski definition) is 3. The summed E-state index contributed by atoms with van der Waals surface area (Å²) in [5.41, 5.74) is 1.44. The summed E-state index contributed by atoms with van der Waals surface area (Å²) in [5.74, 6) is 1.60. The van der Waals surface area contributed by atoms with Crippen molar-refractivity contribution in [2.45, 2.75) is 30.9 Å². The van der Waals surface area contributed by atoms with Crippen LogP contribution >= 0.6 is 15.9 Å². The minimum absolute atomic E-state index is 0.0909. The number of halogens is 3. The van der Waals surface area contributed by atoms with Gasteiger partial charge in [0.2, 0.25) is 0 Å². The molecule has 0 saturated carbocycles. The third-order valence-electron chi connectivity index (χ3n) is 4.46. The van der Waals surface area contributed by atoms with Gasteiger partial charge in [-0.05, 0) is 47.5 Å². The monoisotopic (exact) mass is 476 g/mol. The highest BCUT2D eigenvalue weighted by atomic mass is 79.9. The summed E-state index contributed by atoms with van der Waals surface area (Å²) >= 11 is 2.19. The molecule has 0 aliphatic carbocycles. The molecule has 158 valence electrons. The summed E-state index contributed by atoms with van der Waals surface area (Å²) in [6.07, 6.45) is 0. The number of alkyl halides is 3. The van der Waals surface area contributed by atoms with E-state index in [1.807, 2.05) is 74.5 Å². The highest BCUT2D eigenvalue weighted by Crippen LogP contribution is 2.31. The molecule has 6 heteroatoms. The molecule has 0 aliphatic rings. The first-order valence-electron chi connectivity index (χ1n) is 9.47. The second kappa shape index (κ2) is 9.58. The molecule has 3 aromatic rings. The SMILES string of the molecule is CC(C)(COCc1cccc(Oc2ccccc2)c1)c1cccc(OC(F)(F)Br)c1. The lowest BCUT2D eigenvalue weighted by molar-refractivity contribution is -0.0803. The smallest absolute Gasteiger partial charge is 0.457 e. The first-order chi connectivity index (χ1) is 14.2. The Morgan fingerprint density at radius 3 is 2.20 bits per heavy atom. The van der Waals surface area contributed by atoms with Crippen LogP contribution in [0, 0.1) is 0 Å². The fraction of sp³-hybridized carbons (Fsp3) is 0.250. The quantitative estimate of drug-likeness (QED) is 0.303. The van der Waals surface area contributed by atoms with Crippen LogP contribution in [0.5, 0.6) is 17.2 Å². The van der Waals surface area contributed by atoms with Gasteiger partial charge in [0, 0.05) is 21.3 Å². The van der Waals surface area contributed by atoms with Crippen molar-refractivity contribution in [1.29, 1.82) is 0 Å². The zero-order valence-corrected chi connectivity index (χ0v) is 18.4. The molecule has 0 spiro atoms. The van der Waals surface area contributed by atoms with Gasteiger partial charge >= 0.3 is 5.02 Å². The lowest BCUT2D eigenvalue weighted by atomic mass is 9.85. The maximum absolute atomic E-state index is 13.1. The standard InChI is InChI=1S/C24H23BrF2O3/c1-23(2,19-9-7-13-22(15-19)30-24(25,26)27)17-28-16-18-8-6-12-21(14-18)29-20-10-4-3-5-11-20/h3-15H,16-17H2,1-2H3. The van der Waals surface area contributed by atoms with E-state index in [1.165, 1.54) is 6.07 Å². The van der Waals surface area contributed by atoms with E-state index in [1.54, 1.807) is 12.1 Å². The fourth-order valence-corrected chi connectivity index (χ4v) is 3.13. The molecular formula is C24H23BrF2O3. The van der Waals surface area contributed by atoms with E-state index >= 15 is 0 Å². The lowest BCUT2D eigenvalue weighted by Crippen LogP contribution is -2.24. The molecule has 0 N–H and O–H groups in total. The highest BCUT2D eigenvalue weighted by molar-refractivity contribution is 9.09. The Balaban J connectivity index is 1.59. The van der Waals surface area contributed by atoms with Gasteiger partial charge in [0.25, 0.3) is 0 Å². The first kappa shape index (κ1) is 22.2. The van der Waals surface area contributed by atoms with Crippen LogP contribution in [0.25, 0.3) is 0 Å². The number of hydrogen-bond donors (Lipinski definition) is 0. The molecule has 30 heavy (non-hydrogen) atoms. The van der Waals surface area contributed by atoms with Crippen LogP contribution in [-0.4, -0.2) is 11.6 Å². The average Bonchev–Trinajstić information content (AvgIpc) is 2.68. The molecule has 0 heterocycles. The maximum Gasteiger partial charge on any atom is 0.459 e. The van der Waals surface area contributed by atoms with Crippen molar-refractivity contribution in [3.8, 4) is 17.2 Å². The Bertz CT molecular complexity index is 956. The van der Waals surface area contributed by atoms with E-state index in [4.69, 9.17) is 9.47 Å². The van der Waals surface area contributed by atoms with E-state index in [0.29, 0.717) is 13.2 Å². The molecule has 0 radical (unpaired) electrons. The van der Waals surface area contributed by atoms with Crippen LogP contribution < -0.4 is 9.47 Å². The third-order valence-corrected chi connectivity index (χ3v) is 4.62. The minimum Gasteiger partial charge on any atom is -0.457 e. The van der Waals surface area contributed by atoms with Gasteiger partial charge in [0.1, 0.15) is 17.2 Å². The molecule has 0 unspecified atom stereocenters. The van der Waals surface area contributed by atoms with Crippen LogP contribution in [-0.2, 0) is 16.8 Å². The molecule has 0 atom stereocenters. The predicted octanol–water partition coefficient (Wildman–Crippen LogP) is 7.30. The minimum atomic E-state index is -3.40. The molecule has 0 fully saturated rings. The predicted molar refractivity (Wildman–Crippen MR) is 117 cm³/mol. The zero-order valence-electron chi connectivity index (χ0n) is 16.8. The van der Waals surface area contributed by atoms with Crippen molar-refractivity contribution in [2.75, 3.05) is 6.61 Å². The summed E-state index contributed by atoms with van der Waals surface area (Å²) in [4.78, 5) is 0. The topological polar surface area (TPSA) is 27.7 Å². The Hall–Kier alpha value is -2.44. The molecule has 3 nitrogen and oxygen atoms in total. The maximum atomic E-state index is 13.1. The van der Waals surface area contributed by atoms with Crippen molar-refractivity contribution in [3.05, 3.63) is 90.0 Å². The van der Waals surface area contributed by atoms with Gasteiger partial charge in [-0.15, -0.1) is 0 Å². The third kappa shape index (κ3) is 6.82. The summed E-state index contributed by atoms with van der Waals surface area (Å²) in [5, 5.41) is -3.40. The molecule has 0 aromatic heterocycles.